The molecule has 0 bridgehead atoms. The van der Waals surface area contributed by atoms with Gasteiger partial charge in [0.05, 0.1) is 0 Å². The molecule has 4 heteroatoms. The first-order valence-electron chi connectivity index (χ1n) is 6.77. The van der Waals surface area contributed by atoms with Crippen LogP contribution in [0.15, 0.2) is 24.3 Å². The van der Waals surface area contributed by atoms with Crippen molar-refractivity contribution < 1.29 is 9.90 Å². The molecule has 1 N–H and O–H groups in total. The molecule has 0 aliphatic carbocycles. The summed E-state index contributed by atoms with van der Waals surface area (Å²) in [4.78, 5) is 13.1. The van der Waals surface area contributed by atoms with Gasteiger partial charge >= 0.3 is 5.97 Å². The highest BCUT2D eigenvalue weighted by molar-refractivity contribution is 6.30. The maximum Gasteiger partial charge on any atom is 0.303 e. The molecule has 104 valence electrons. The second kappa shape index (κ2) is 6.40. The summed E-state index contributed by atoms with van der Waals surface area (Å²) in [6.45, 7) is 4.11. The quantitative estimate of drug-likeness (QED) is 0.917. The molecule has 1 saturated heterocycles. The molecule has 0 aromatic heterocycles. The smallest absolute Gasteiger partial charge is 0.303 e. The normalized spacial score (nSPS) is 19.3. The van der Waals surface area contributed by atoms with Gasteiger partial charge in [0.25, 0.3) is 0 Å². The fraction of sp³-hybridized carbons (Fsp3) is 0.533. The first kappa shape index (κ1) is 14.4. The van der Waals surface area contributed by atoms with Gasteiger partial charge in [-0.25, -0.2) is 0 Å². The number of aliphatic carboxylic acids is 1. The standard InChI is InChI=1S/C15H20ClNO2/c1-11(13-3-2-4-14(16)10-13)17-7-5-12(6-8-17)9-15(18)19/h2-4,10-12H,5-9H2,1H3,(H,18,19). The Bertz CT molecular complexity index is 442. The molecule has 0 saturated carbocycles. The number of piperidine rings is 1. The minimum absolute atomic E-state index is 0.305. The molecule has 1 unspecified atom stereocenters. The molecule has 0 radical (unpaired) electrons. The number of hydrogen-bond donors (Lipinski definition) is 1. The van der Waals surface area contributed by atoms with Crippen molar-refractivity contribution in [2.24, 2.45) is 5.92 Å². The van der Waals surface area contributed by atoms with E-state index in [4.69, 9.17) is 16.7 Å². The summed E-state index contributed by atoms with van der Waals surface area (Å²) in [5.74, 6) is -0.346. The predicted octanol–water partition coefficient (Wildman–Crippen LogP) is 3.59. The summed E-state index contributed by atoms with van der Waals surface area (Å²) in [6, 6.07) is 8.31. The number of nitrogens with zero attached hydrogens (tertiary/aromatic N) is 1. The van der Waals surface area contributed by atoms with E-state index in [2.05, 4.69) is 17.9 Å². The number of carboxylic acid groups (broad SMARTS) is 1. The highest BCUT2D eigenvalue weighted by Crippen LogP contribution is 2.28. The van der Waals surface area contributed by atoms with Gasteiger partial charge in [0, 0.05) is 17.5 Å². The molecule has 0 spiro atoms. The number of carboxylic acids is 1. The lowest BCUT2D eigenvalue weighted by atomic mass is 9.92. The van der Waals surface area contributed by atoms with E-state index in [1.807, 2.05) is 18.2 Å². The van der Waals surface area contributed by atoms with Gasteiger partial charge in [0.15, 0.2) is 0 Å². The van der Waals surface area contributed by atoms with Gasteiger partial charge in [0.1, 0.15) is 0 Å². The van der Waals surface area contributed by atoms with Crippen LogP contribution in [0.3, 0.4) is 0 Å². The molecule has 1 aliphatic rings. The van der Waals surface area contributed by atoms with Crippen molar-refractivity contribution in [1.29, 1.82) is 0 Å². The molecule has 1 aromatic rings. The van der Waals surface area contributed by atoms with E-state index in [-0.39, 0.29) is 0 Å². The molecule has 1 atom stereocenters. The maximum absolute atomic E-state index is 10.7. The second-order valence-corrected chi connectivity index (χ2v) is 5.74. The average molecular weight is 282 g/mol. The number of halogens is 1. The van der Waals surface area contributed by atoms with Gasteiger partial charge < -0.3 is 5.11 Å². The van der Waals surface area contributed by atoms with Crippen LogP contribution >= 0.6 is 11.6 Å². The van der Waals surface area contributed by atoms with Gasteiger partial charge in [-0.1, -0.05) is 23.7 Å². The molecule has 3 nitrogen and oxygen atoms in total. The summed E-state index contributed by atoms with van der Waals surface area (Å²) in [6.07, 6.45) is 2.24. The molecule has 1 heterocycles. The van der Waals surface area contributed by atoms with E-state index in [0.29, 0.717) is 18.4 Å². The number of likely N-dealkylation sites (tertiary alicyclic amines) is 1. The summed E-state index contributed by atoms with van der Waals surface area (Å²) >= 11 is 6.02. The van der Waals surface area contributed by atoms with Gasteiger partial charge in [-0.15, -0.1) is 0 Å². The molecule has 1 aromatic carbocycles. The largest absolute Gasteiger partial charge is 0.481 e. The number of carbonyl (C=O) groups is 1. The topological polar surface area (TPSA) is 40.5 Å². The first-order valence-corrected chi connectivity index (χ1v) is 7.15. The van der Waals surface area contributed by atoms with Crippen LogP contribution in [0.5, 0.6) is 0 Å². The minimum atomic E-state index is -0.679. The fourth-order valence-electron chi connectivity index (χ4n) is 2.77. The van der Waals surface area contributed by atoms with Crippen LogP contribution in [0.2, 0.25) is 5.02 Å². The Kier molecular flexibility index (Phi) is 4.83. The lowest BCUT2D eigenvalue weighted by Gasteiger charge is -2.35. The molecule has 1 aliphatic heterocycles. The predicted molar refractivity (Wildman–Crippen MR) is 76.4 cm³/mol. The molecular formula is C15H20ClNO2. The fourth-order valence-corrected chi connectivity index (χ4v) is 2.97. The van der Waals surface area contributed by atoms with E-state index < -0.39 is 5.97 Å². The Balaban J connectivity index is 1.92. The summed E-state index contributed by atoms with van der Waals surface area (Å²) in [5, 5.41) is 9.59. The lowest BCUT2D eigenvalue weighted by Crippen LogP contribution is -2.36. The molecule has 1 fully saturated rings. The Morgan fingerprint density at radius 1 is 1.47 bits per heavy atom. The SMILES string of the molecule is CC(c1cccc(Cl)c1)N1CCC(CC(=O)O)CC1. The number of hydrogen-bond acceptors (Lipinski definition) is 2. The minimum Gasteiger partial charge on any atom is -0.481 e. The molecule has 2 rings (SSSR count). The van der Waals surface area contributed by atoms with E-state index in [1.165, 1.54) is 5.56 Å². The van der Waals surface area contributed by atoms with E-state index in [0.717, 1.165) is 31.0 Å². The maximum atomic E-state index is 10.7. The third-order valence-corrected chi connectivity index (χ3v) is 4.23. The zero-order valence-electron chi connectivity index (χ0n) is 11.2. The van der Waals surface area contributed by atoms with Crippen LogP contribution in [0.4, 0.5) is 0 Å². The zero-order chi connectivity index (χ0) is 13.8. The van der Waals surface area contributed by atoms with E-state index in [9.17, 15) is 4.79 Å². The van der Waals surface area contributed by atoms with Crippen molar-refractivity contribution >= 4 is 17.6 Å². The Morgan fingerprint density at radius 3 is 2.74 bits per heavy atom. The van der Waals surface area contributed by atoms with Crippen molar-refractivity contribution in [3.8, 4) is 0 Å². The summed E-state index contributed by atoms with van der Waals surface area (Å²) in [5.41, 5.74) is 1.23. The number of benzene rings is 1. The van der Waals surface area contributed by atoms with Crippen LogP contribution in [-0.2, 0) is 4.79 Å². The van der Waals surface area contributed by atoms with Crippen molar-refractivity contribution in [3.05, 3.63) is 34.9 Å². The molecule has 19 heavy (non-hydrogen) atoms. The Morgan fingerprint density at radius 2 is 2.16 bits per heavy atom. The van der Waals surface area contributed by atoms with Gasteiger partial charge in [-0.3, -0.25) is 9.69 Å². The summed E-state index contributed by atoms with van der Waals surface area (Å²) in [7, 11) is 0. The highest BCUT2D eigenvalue weighted by Gasteiger charge is 2.24. The van der Waals surface area contributed by atoms with Crippen LogP contribution in [0.1, 0.15) is 37.8 Å². The summed E-state index contributed by atoms with van der Waals surface area (Å²) < 4.78 is 0. The highest BCUT2D eigenvalue weighted by atomic mass is 35.5. The molecular weight excluding hydrogens is 262 g/mol. The lowest BCUT2D eigenvalue weighted by molar-refractivity contribution is -0.138. The Hall–Kier alpha value is -1.06. The van der Waals surface area contributed by atoms with Gasteiger partial charge in [0.2, 0.25) is 0 Å². The van der Waals surface area contributed by atoms with Gasteiger partial charge in [-0.2, -0.15) is 0 Å². The van der Waals surface area contributed by atoms with Crippen LogP contribution in [-0.4, -0.2) is 29.1 Å². The number of rotatable bonds is 4. The first-order chi connectivity index (χ1) is 9.06. The second-order valence-electron chi connectivity index (χ2n) is 5.31. The van der Waals surface area contributed by atoms with E-state index >= 15 is 0 Å². The monoisotopic (exact) mass is 281 g/mol. The van der Waals surface area contributed by atoms with Crippen molar-refractivity contribution in [1.82, 2.24) is 4.90 Å². The van der Waals surface area contributed by atoms with Crippen LogP contribution in [0.25, 0.3) is 0 Å². The average Bonchev–Trinajstić information content (AvgIpc) is 2.38. The van der Waals surface area contributed by atoms with E-state index in [1.54, 1.807) is 0 Å². The van der Waals surface area contributed by atoms with Crippen molar-refractivity contribution in [2.45, 2.75) is 32.2 Å². The van der Waals surface area contributed by atoms with Gasteiger partial charge in [-0.05, 0) is 56.5 Å². The third-order valence-electron chi connectivity index (χ3n) is 3.99. The van der Waals surface area contributed by atoms with Crippen molar-refractivity contribution in [2.75, 3.05) is 13.1 Å². The third kappa shape index (κ3) is 3.95. The van der Waals surface area contributed by atoms with Crippen LogP contribution in [0, 0.1) is 5.92 Å². The Labute approximate surface area is 119 Å². The zero-order valence-corrected chi connectivity index (χ0v) is 11.9. The van der Waals surface area contributed by atoms with Crippen molar-refractivity contribution in [3.63, 3.8) is 0 Å². The molecule has 0 amide bonds. The van der Waals surface area contributed by atoms with Crippen LogP contribution < -0.4 is 0 Å².